The highest BCUT2D eigenvalue weighted by atomic mass is 14.8. The third-order valence-electron chi connectivity index (χ3n) is 4.60. The van der Waals surface area contributed by atoms with Gasteiger partial charge in [0.05, 0.1) is 0 Å². The Kier molecular flexibility index (Phi) is 4.30. The van der Waals surface area contributed by atoms with E-state index in [1.807, 2.05) is 0 Å². The van der Waals surface area contributed by atoms with Gasteiger partial charge in [0.25, 0.3) is 0 Å². The number of hydrogen-bond acceptors (Lipinski definition) is 1. The zero-order chi connectivity index (χ0) is 14.9. The Morgan fingerprint density at radius 1 is 0.900 bits per heavy atom. The van der Waals surface area contributed by atoms with E-state index in [0.29, 0.717) is 10.8 Å². The summed E-state index contributed by atoms with van der Waals surface area (Å²) in [5.41, 5.74) is 8.99. The second-order valence-electron chi connectivity index (χ2n) is 8.56. The normalized spacial score (nSPS) is 23.4. The predicted molar refractivity (Wildman–Crippen MR) is 87.7 cm³/mol. The Labute approximate surface area is 125 Å². The summed E-state index contributed by atoms with van der Waals surface area (Å²) < 4.78 is 0. The van der Waals surface area contributed by atoms with Gasteiger partial charge in [-0.25, -0.2) is 0 Å². The zero-order valence-corrected chi connectivity index (χ0v) is 13.7. The van der Waals surface area contributed by atoms with Gasteiger partial charge in [0.1, 0.15) is 0 Å². The first-order chi connectivity index (χ1) is 9.20. The quantitative estimate of drug-likeness (QED) is 0.826. The summed E-state index contributed by atoms with van der Waals surface area (Å²) in [6, 6.07) is 10.8. The van der Waals surface area contributed by atoms with Gasteiger partial charge in [0, 0.05) is 5.54 Å². The van der Waals surface area contributed by atoms with Crippen LogP contribution >= 0.6 is 0 Å². The average Bonchev–Trinajstić information content (AvgIpc) is 2.25. The van der Waals surface area contributed by atoms with Crippen LogP contribution in [0.2, 0.25) is 0 Å². The molecule has 0 amide bonds. The fourth-order valence-corrected chi connectivity index (χ4v) is 4.86. The molecule has 0 unspecified atom stereocenters. The Morgan fingerprint density at radius 2 is 1.45 bits per heavy atom. The minimum atomic E-state index is 0.0278. The maximum absolute atomic E-state index is 6.77. The van der Waals surface area contributed by atoms with Crippen molar-refractivity contribution in [1.82, 2.24) is 0 Å². The highest BCUT2D eigenvalue weighted by Gasteiger charge is 2.44. The molecule has 1 heteroatoms. The van der Waals surface area contributed by atoms with Gasteiger partial charge in [-0.05, 0) is 54.9 Å². The first-order valence-corrected chi connectivity index (χ1v) is 8.03. The number of hydrogen-bond donors (Lipinski definition) is 1. The van der Waals surface area contributed by atoms with Gasteiger partial charge in [0.15, 0.2) is 0 Å². The SMILES string of the molecule is CC1(C)CC(C)(C)CC(N)(CCCc2ccccc2)C1. The van der Waals surface area contributed by atoms with Gasteiger partial charge in [0.2, 0.25) is 0 Å². The second-order valence-corrected chi connectivity index (χ2v) is 8.56. The second kappa shape index (κ2) is 5.52. The first kappa shape index (κ1) is 15.6. The molecule has 0 saturated heterocycles. The van der Waals surface area contributed by atoms with Crippen molar-refractivity contribution in [2.24, 2.45) is 16.6 Å². The summed E-state index contributed by atoms with van der Waals surface area (Å²) in [6.07, 6.45) is 7.12. The van der Waals surface area contributed by atoms with Crippen LogP contribution in [0.4, 0.5) is 0 Å². The largest absolute Gasteiger partial charge is 0.325 e. The van der Waals surface area contributed by atoms with Gasteiger partial charge in [-0.15, -0.1) is 0 Å². The van der Waals surface area contributed by atoms with Crippen LogP contribution in [-0.2, 0) is 6.42 Å². The number of nitrogens with two attached hydrogens (primary N) is 1. The number of benzene rings is 1. The molecule has 2 rings (SSSR count). The molecular formula is C19H31N. The van der Waals surface area contributed by atoms with E-state index >= 15 is 0 Å². The molecule has 2 N–H and O–H groups in total. The van der Waals surface area contributed by atoms with Crippen molar-refractivity contribution in [3.05, 3.63) is 35.9 Å². The molecule has 0 aliphatic heterocycles. The highest BCUT2D eigenvalue weighted by molar-refractivity contribution is 5.14. The molecule has 1 nitrogen and oxygen atoms in total. The predicted octanol–water partition coefficient (Wildman–Crippen LogP) is 4.94. The van der Waals surface area contributed by atoms with Crippen LogP contribution in [0, 0.1) is 10.8 Å². The maximum Gasteiger partial charge on any atom is 0.0164 e. The standard InChI is InChI=1S/C19H31N/c1-17(2)13-18(3,4)15-19(20,14-17)12-8-11-16-9-6-5-7-10-16/h5-7,9-10H,8,11-15,20H2,1-4H3. The molecule has 20 heavy (non-hydrogen) atoms. The lowest BCUT2D eigenvalue weighted by Crippen LogP contribution is -2.52. The van der Waals surface area contributed by atoms with Crippen molar-refractivity contribution in [3.63, 3.8) is 0 Å². The van der Waals surface area contributed by atoms with Crippen LogP contribution < -0.4 is 5.73 Å². The summed E-state index contributed by atoms with van der Waals surface area (Å²) in [4.78, 5) is 0. The third-order valence-corrected chi connectivity index (χ3v) is 4.60. The van der Waals surface area contributed by atoms with Gasteiger partial charge in [-0.1, -0.05) is 58.0 Å². The van der Waals surface area contributed by atoms with E-state index in [0.717, 1.165) is 25.7 Å². The minimum absolute atomic E-state index is 0.0278. The molecule has 0 heterocycles. The molecule has 1 aromatic rings. The first-order valence-electron chi connectivity index (χ1n) is 8.03. The van der Waals surface area contributed by atoms with Crippen molar-refractivity contribution in [1.29, 1.82) is 0 Å². The van der Waals surface area contributed by atoms with E-state index in [-0.39, 0.29) is 5.54 Å². The van der Waals surface area contributed by atoms with E-state index in [9.17, 15) is 0 Å². The lowest BCUT2D eigenvalue weighted by molar-refractivity contribution is 0.0435. The average molecular weight is 273 g/mol. The highest BCUT2D eigenvalue weighted by Crippen LogP contribution is 2.50. The summed E-state index contributed by atoms with van der Waals surface area (Å²) in [5.74, 6) is 0. The molecule has 1 aliphatic carbocycles. The van der Waals surface area contributed by atoms with Crippen LogP contribution in [0.5, 0.6) is 0 Å². The Morgan fingerprint density at radius 3 is 2.00 bits per heavy atom. The number of rotatable bonds is 4. The molecule has 0 aromatic heterocycles. The topological polar surface area (TPSA) is 26.0 Å². The van der Waals surface area contributed by atoms with Gasteiger partial charge < -0.3 is 5.73 Å². The molecule has 0 radical (unpaired) electrons. The molecular weight excluding hydrogens is 242 g/mol. The lowest BCUT2D eigenvalue weighted by atomic mass is 9.57. The lowest BCUT2D eigenvalue weighted by Gasteiger charge is -2.50. The molecule has 0 atom stereocenters. The minimum Gasteiger partial charge on any atom is -0.325 e. The fourth-order valence-electron chi connectivity index (χ4n) is 4.86. The summed E-state index contributed by atoms with van der Waals surface area (Å²) in [5, 5.41) is 0. The van der Waals surface area contributed by atoms with Gasteiger partial charge in [-0.3, -0.25) is 0 Å². The molecule has 0 spiro atoms. The van der Waals surface area contributed by atoms with Crippen LogP contribution in [0.1, 0.15) is 65.4 Å². The molecule has 0 bridgehead atoms. The molecule has 1 aliphatic rings. The Hall–Kier alpha value is -0.820. The molecule has 112 valence electrons. The van der Waals surface area contributed by atoms with Crippen molar-refractivity contribution in [3.8, 4) is 0 Å². The van der Waals surface area contributed by atoms with E-state index in [4.69, 9.17) is 5.73 Å². The van der Waals surface area contributed by atoms with Crippen molar-refractivity contribution in [2.75, 3.05) is 0 Å². The smallest absolute Gasteiger partial charge is 0.0164 e. The van der Waals surface area contributed by atoms with Crippen LogP contribution in [0.25, 0.3) is 0 Å². The van der Waals surface area contributed by atoms with E-state index in [1.54, 1.807) is 0 Å². The van der Waals surface area contributed by atoms with Crippen LogP contribution in [0.15, 0.2) is 30.3 Å². The summed E-state index contributed by atoms with van der Waals surface area (Å²) in [7, 11) is 0. The molecule has 1 fully saturated rings. The van der Waals surface area contributed by atoms with E-state index in [1.165, 1.54) is 18.4 Å². The fraction of sp³-hybridized carbons (Fsp3) is 0.684. The Balaban J connectivity index is 1.93. The molecule has 1 saturated carbocycles. The summed E-state index contributed by atoms with van der Waals surface area (Å²) >= 11 is 0. The third kappa shape index (κ3) is 4.34. The number of aryl methyl sites for hydroxylation is 1. The molecule has 1 aromatic carbocycles. The van der Waals surface area contributed by atoms with Crippen LogP contribution in [0.3, 0.4) is 0 Å². The van der Waals surface area contributed by atoms with Crippen molar-refractivity contribution < 1.29 is 0 Å². The maximum atomic E-state index is 6.77. The van der Waals surface area contributed by atoms with Crippen molar-refractivity contribution in [2.45, 2.75) is 71.8 Å². The summed E-state index contributed by atoms with van der Waals surface area (Å²) in [6.45, 7) is 9.53. The van der Waals surface area contributed by atoms with E-state index in [2.05, 4.69) is 58.0 Å². The zero-order valence-electron chi connectivity index (χ0n) is 13.7. The van der Waals surface area contributed by atoms with Gasteiger partial charge >= 0.3 is 0 Å². The van der Waals surface area contributed by atoms with Crippen LogP contribution in [-0.4, -0.2) is 5.54 Å². The van der Waals surface area contributed by atoms with E-state index < -0.39 is 0 Å². The van der Waals surface area contributed by atoms with Crippen molar-refractivity contribution >= 4 is 0 Å². The Bertz CT molecular complexity index is 414. The van der Waals surface area contributed by atoms with Gasteiger partial charge in [-0.2, -0.15) is 0 Å². The monoisotopic (exact) mass is 273 g/mol.